The third-order valence-electron chi connectivity index (χ3n) is 1.36. The molecule has 0 bridgehead atoms. The van der Waals surface area contributed by atoms with Crippen molar-refractivity contribution < 1.29 is 0 Å². The molecule has 0 aliphatic carbocycles. The molecule has 1 rings (SSSR count). The van der Waals surface area contributed by atoms with E-state index < -0.39 is 0 Å². The number of halogens is 3. The highest BCUT2D eigenvalue weighted by atomic mass is 79.9. The van der Waals surface area contributed by atoms with Crippen LogP contribution in [0.5, 0.6) is 0 Å². The van der Waals surface area contributed by atoms with E-state index in [9.17, 15) is 4.91 Å². The van der Waals surface area contributed by atoms with Crippen LogP contribution in [0.1, 0.15) is 0 Å². The first-order valence-corrected chi connectivity index (χ1v) is 5.55. The van der Waals surface area contributed by atoms with Gasteiger partial charge in [-0.25, -0.2) is 0 Å². The van der Waals surface area contributed by atoms with Crippen molar-refractivity contribution in [1.82, 2.24) is 0 Å². The fourth-order valence-electron chi connectivity index (χ4n) is 0.782. The second-order valence-electron chi connectivity index (χ2n) is 2.13. The smallest absolute Gasteiger partial charge is 0.119 e. The molecule has 0 fully saturated rings. The maximum Gasteiger partial charge on any atom is 0.119 e. The third-order valence-corrected chi connectivity index (χ3v) is 4.64. The number of hydrogen-bond donors (Lipinski definition) is 0. The van der Waals surface area contributed by atoms with Gasteiger partial charge in [-0.1, -0.05) is 5.11 Å². The quantitative estimate of drug-likeness (QED) is 0.223. The molecule has 5 nitrogen and oxygen atoms in total. The SMILES string of the molecule is [N-]=[N+]=Nc1c(N=O)cc(Br)c(Br)c1Br. The molecule has 0 N–H and O–H groups in total. The molecule has 0 aliphatic heterocycles. The lowest BCUT2D eigenvalue weighted by atomic mass is 10.3. The van der Waals surface area contributed by atoms with Crippen LogP contribution in [0.2, 0.25) is 0 Å². The Morgan fingerprint density at radius 2 is 1.93 bits per heavy atom. The van der Waals surface area contributed by atoms with Crippen LogP contribution in [0.4, 0.5) is 11.4 Å². The highest BCUT2D eigenvalue weighted by Crippen LogP contribution is 2.44. The van der Waals surface area contributed by atoms with Crippen molar-refractivity contribution in [3.8, 4) is 0 Å². The van der Waals surface area contributed by atoms with Crippen molar-refractivity contribution in [2.24, 2.45) is 10.3 Å². The minimum absolute atomic E-state index is 0.0738. The van der Waals surface area contributed by atoms with Gasteiger partial charge in [0.15, 0.2) is 0 Å². The summed E-state index contributed by atoms with van der Waals surface area (Å²) >= 11 is 9.64. The van der Waals surface area contributed by atoms with E-state index >= 15 is 0 Å². The lowest BCUT2D eigenvalue weighted by Crippen LogP contribution is -1.76. The Morgan fingerprint density at radius 1 is 1.29 bits per heavy atom. The minimum atomic E-state index is 0.0738. The Hall–Kier alpha value is -0.430. The number of hydrogen-bond acceptors (Lipinski definition) is 3. The molecule has 0 saturated heterocycles. The molecule has 72 valence electrons. The first-order chi connectivity index (χ1) is 6.61. The Morgan fingerprint density at radius 3 is 2.43 bits per heavy atom. The summed E-state index contributed by atoms with van der Waals surface area (Å²) in [5.41, 5.74) is 8.53. The molecule has 8 heteroatoms. The van der Waals surface area contributed by atoms with Gasteiger partial charge < -0.3 is 0 Å². The number of nitroso groups, excluding NO2 is 1. The first kappa shape index (κ1) is 11.6. The summed E-state index contributed by atoms with van der Waals surface area (Å²) in [5, 5.41) is 6.12. The summed E-state index contributed by atoms with van der Waals surface area (Å²) in [6.07, 6.45) is 0. The van der Waals surface area contributed by atoms with Gasteiger partial charge in [0.1, 0.15) is 5.69 Å². The molecular formula is C6HBr3N4O. The van der Waals surface area contributed by atoms with Gasteiger partial charge in [-0.15, -0.1) is 4.91 Å². The van der Waals surface area contributed by atoms with Crippen molar-refractivity contribution in [1.29, 1.82) is 0 Å². The summed E-state index contributed by atoms with van der Waals surface area (Å²) in [6, 6.07) is 1.46. The van der Waals surface area contributed by atoms with Crippen molar-refractivity contribution >= 4 is 59.2 Å². The molecule has 0 unspecified atom stereocenters. The lowest BCUT2D eigenvalue weighted by molar-refractivity contribution is 1.36. The monoisotopic (exact) mass is 382 g/mol. The molecule has 1 aromatic carbocycles. The second-order valence-corrected chi connectivity index (χ2v) is 4.58. The molecule has 0 radical (unpaired) electrons. The zero-order valence-corrected chi connectivity index (χ0v) is 11.2. The molecule has 14 heavy (non-hydrogen) atoms. The fraction of sp³-hybridized carbons (Fsp3) is 0. The molecular weight excluding hydrogens is 384 g/mol. The van der Waals surface area contributed by atoms with Gasteiger partial charge in [-0.2, -0.15) is 0 Å². The van der Waals surface area contributed by atoms with Crippen LogP contribution in [0.15, 0.2) is 29.8 Å². The molecule has 0 saturated carbocycles. The van der Waals surface area contributed by atoms with Gasteiger partial charge >= 0.3 is 0 Å². The molecule has 0 aliphatic rings. The van der Waals surface area contributed by atoms with Gasteiger partial charge in [0, 0.05) is 18.3 Å². The van der Waals surface area contributed by atoms with Crippen molar-refractivity contribution in [3.63, 3.8) is 0 Å². The maximum absolute atomic E-state index is 10.4. The maximum atomic E-state index is 10.4. The van der Waals surface area contributed by atoms with Crippen LogP contribution in [0.3, 0.4) is 0 Å². The van der Waals surface area contributed by atoms with E-state index in [0.29, 0.717) is 13.4 Å². The van der Waals surface area contributed by atoms with Gasteiger partial charge in [0.05, 0.1) is 5.69 Å². The van der Waals surface area contributed by atoms with Crippen molar-refractivity contribution in [2.45, 2.75) is 0 Å². The van der Waals surface area contributed by atoms with Crippen molar-refractivity contribution in [3.05, 3.63) is 34.8 Å². The van der Waals surface area contributed by atoms with Crippen LogP contribution < -0.4 is 0 Å². The Balaban J connectivity index is 3.60. The van der Waals surface area contributed by atoms with Crippen LogP contribution in [0, 0.1) is 4.91 Å². The highest BCUT2D eigenvalue weighted by Gasteiger charge is 2.12. The largest absolute Gasteiger partial charge is 0.145 e. The van der Waals surface area contributed by atoms with Crippen LogP contribution in [0.25, 0.3) is 10.4 Å². The van der Waals surface area contributed by atoms with E-state index in [-0.39, 0.29) is 11.4 Å². The minimum Gasteiger partial charge on any atom is -0.145 e. The average Bonchev–Trinajstić information content (AvgIpc) is 2.19. The van der Waals surface area contributed by atoms with Crippen LogP contribution >= 0.6 is 47.8 Å². The topological polar surface area (TPSA) is 78.2 Å². The summed E-state index contributed by atoms with van der Waals surface area (Å²) in [7, 11) is 0. The molecule has 1 aromatic rings. The lowest BCUT2D eigenvalue weighted by Gasteiger charge is -2.04. The van der Waals surface area contributed by atoms with Gasteiger partial charge in [-0.05, 0) is 64.6 Å². The van der Waals surface area contributed by atoms with E-state index in [0.717, 1.165) is 0 Å². The van der Waals surface area contributed by atoms with E-state index in [1.165, 1.54) is 6.07 Å². The predicted octanol–water partition coefficient (Wildman–Crippen LogP) is 5.31. The predicted molar refractivity (Wildman–Crippen MR) is 63.8 cm³/mol. The van der Waals surface area contributed by atoms with Crippen molar-refractivity contribution in [2.75, 3.05) is 0 Å². The molecule has 0 spiro atoms. The Labute approximate surface area is 104 Å². The van der Waals surface area contributed by atoms with Crippen LogP contribution in [-0.2, 0) is 0 Å². The zero-order chi connectivity index (χ0) is 10.7. The summed E-state index contributed by atoms with van der Waals surface area (Å²) < 4.78 is 1.79. The van der Waals surface area contributed by atoms with E-state index in [1.54, 1.807) is 0 Å². The molecule has 0 amide bonds. The third kappa shape index (κ3) is 2.14. The first-order valence-electron chi connectivity index (χ1n) is 3.17. The summed E-state index contributed by atoms with van der Waals surface area (Å²) in [5.74, 6) is 0. The zero-order valence-electron chi connectivity index (χ0n) is 6.41. The molecule has 0 atom stereocenters. The van der Waals surface area contributed by atoms with Gasteiger partial charge in [-0.3, -0.25) is 0 Å². The number of nitrogens with zero attached hydrogens (tertiary/aromatic N) is 4. The number of azide groups is 1. The number of rotatable bonds is 2. The van der Waals surface area contributed by atoms with E-state index in [1.807, 2.05) is 0 Å². The summed E-state index contributed by atoms with van der Waals surface area (Å²) in [6.45, 7) is 0. The Bertz CT molecular complexity index is 441. The average molecular weight is 385 g/mol. The second kappa shape index (κ2) is 4.88. The molecule has 0 heterocycles. The normalized spacial score (nSPS) is 9.36. The number of benzene rings is 1. The standard InChI is InChI=1S/C6HBr3N4O/c7-2-1-3(12-14)6(11-13-10)5(9)4(2)8/h1H. The van der Waals surface area contributed by atoms with Gasteiger partial charge in [0.2, 0.25) is 0 Å². The van der Waals surface area contributed by atoms with E-state index in [2.05, 4.69) is 63.0 Å². The van der Waals surface area contributed by atoms with Crippen LogP contribution in [-0.4, -0.2) is 0 Å². The highest BCUT2D eigenvalue weighted by molar-refractivity contribution is 9.14. The van der Waals surface area contributed by atoms with E-state index in [4.69, 9.17) is 5.53 Å². The summed E-state index contributed by atoms with van der Waals surface area (Å²) in [4.78, 5) is 13.0. The Kier molecular flexibility index (Phi) is 4.06. The fourth-order valence-corrected chi connectivity index (χ4v) is 2.26. The molecule has 0 aromatic heterocycles. The van der Waals surface area contributed by atoms with Gasteiger partial charge in [0.25, 0.3) is 0 Å².